The molecule has 3 amide bonds. The van der Waals surface area contributed by atoms with E-state index in [1.807, 2.05) is 25.1 Å². The van der Waals surface area contributed by atoms with Gasteiger partial charge in [0, 0.05) is 26.6 Å². The molecule has 11 heteroatoms. The molecule has 1 aliphatic rings. The number of amides is 3. The molecule has 1 aliphatic carbocycles. The van der Waals surface area contributed by atoms with Crippen molar-refractivity contribution in [2.75, 3.05) is 24.9 Å². The van der Waals surface area contributed by atoms with Gasteiger partial charge in [-0.3, -0.25) is 14.4 Å². The number of fused-ring (bicyclic) bond motifs is 1. The summed E-state index contributed by atoms with van der Waals surface area (Å²) in [6.07, 6.45) is 5.83. The Balaban J connectivity index is 1.33. The molecule has 4 aromatic rings. The quantitative estimate of drug-likeness (QED) is 0.0811. The van der Waals surface area contributed by atoms with Gasteiger partial charge in [-0.2, -0.15) is 0 Å². The van der Waals surface area contributed by atoms with Crippen LogP contribution in [0.3, 0.4) is 0 Å². The van der Waals surface area contributed by atoms with Crippen molar-refractivity contribution < 1.29 is 28.7 Å². The molecule has 1 atom stereocenters. The van der Waals surface area contributed by atoms with Crippen LogP contribution in [0.2, 0.25) is 0 Å². The minimum absolute atomic E-state index is 0.0253. The number of nitrogens with one attached hydrogen (secondary N) is 3. The van der Waals surface area contributed by atoms with E-state index in [1.165, 1.54) is 37.3 Å². The van der Waals surface area contributed by atoms with Crippen molar-refractivity contribution in [3.05, 3.63) is 112 Å². The standard InChI is InChI=1S/C37H37N3O6S2/c1-4-30(35(43)40-36-32(37(44)46-3)27-18-9-11-20-31(27)48-36)47-26-17-12-16-25(22-26)38-34(42)28(21-24-15-8-10-19-29(24)45-2)39-33(41)23-13-6-5-7-14-23/h5-8,10,12-17,19,21-22,30H,4,9,11,18,20H2,1-3H3,(H,38,42)(H,39,41)(H,40,43)/b28-21+. The maximum atomic E-state index is 13.6. The molecule has 0 saturated carbocycles. The molecule has 1 unspecified atom stereocenters. The van der Waals surface area contributed by atoms with Crippen molar-refractivity contribution in [1.29, 1.82) is 0 Å². The average Bonchev–Trinajstić information content (AvgIpc) is 3.48. The monoisotopic (exact) mass is 683 g/mol. The van der Waals surface area contributed by atoms with E-state index in [1.54, 1.807) is 66.7 Å². The highest BCUT2D eigenvalue weighted by molar-refractivity contribution is 8.00. The number of aryl methyl sites for hydroxylation is 1. The van der Waals surface area contributed by atoms with Crippen LogP contribution in [0.5, 0.6) is 5.75 Å². The summed E-state index contributed by atoms with van der Waals surface area (Å²) >= 11 is 2.81. The lowest BCUT2D eigenvalue weighted by Gasteiger charge is -2.16. The summed E-state index contributed by atoms with van der Waals surface area (Å²) in [6.45, 7) is 1.92. The first-order valence-corrected chi connectivity index (χ1v) is 17.3. The SMILES string of the molecule is CCC(Sc1cccc(NC(=O)/C(=C\c2ccccc2OC)NC(=O)c2ccccc2)c1)C(=O)Nc1sc2c(c1C(=O)OC)CCCC2. The average molecular weight is 684 g/mol. The fourth-order valence-corrected chi connectivity index (χ4v) is 7.67. The second kappa shape index (κ2) is 16.3. The van der Waals surface area contributed by atoms with Gasteiger partial charge < -0.3 is 25.4 Å². The summed E-state index contributed by atoms with van der Waals surface area (Å²) in [5.41, 5.74) is 2.97. The van der Waals surface area contributed by atoms with Gasteiger partial charge in [0.15, 0.2) is 0 Å². The van der Waals surface area contributed by atoms with Gasteiger partial charge in [0.05, 0.1) is 25.0 Å². The number of para-hydroxylation sites is 1. The van der Waals surface area contributed by atoms with Gasteiger partial charge in [-0.25, -0.2) is 4.79 Å². The maximum absolute atomic E-state index is 13.6. The Bertz CT molecular complexity index is 1840. The van der Waals surface area contributed by atoms with Crippen molar-refractivity contribution in [1.82, 2.24) is 5.32 Å². The molecule has 0 saturated heterocycles. The molecule has 0 fully saturated rings. The minimum Gasteiger partial charge on any atom is -0.496 e. The first kappa shape index (κ1) is 34.5. The second-order valence-electron chi connectivity index (χ2n) is 11.0. The zero-order valence-corrected chi connectivity index (χ0v) is 28.6. The molecular weight excluding hydrogens is 647 g/mol. The third-order valence-electron chi connectivity index (χ3n) is 7.80. The number of anilines is 2. The van der Waals surface area contributed by atoms with Gasteiger partial charge in [0.1, 0.15) is 16.4 Å². The van der Waals surface area contributed by atoms with Gasteiger partial charge in [-0.15, -0.1) is 23.1 Å². The van der Waals surface area contributed by atoms with E-state index >= 15 is 0 Å². The van der Waals surface area contributed by atoms with E-state index in [-0.39, 0.29) is 11.6 Å². The normalized spacial score (nSPS) is 13.1. The number of thiophene rings is 1. The number of benzene rings is 3. The van der Waals surface area contributed by atoms with Gasteiger partial charge in [-0.05, 0) is 80.1 Å². The molecule has 0 aliphatic heterocycles. The van der Waals surface area contributed by atoms with Crippen LogP contribution in [0.15, 0.2) is 89.5 Å². The summed E-state index contributed by atoms with van der Waals surface area (Å²) in [6, 6.07) is 23.0. The first-order valence-electron chi connectivity index (χ1n) is 15.6. The molecular formula is C37H37N3O6S2. The van der Waals surface area contributed by atoms with Crippen LogP contribution in [0.25, 0.3) is 6.08 Å². The van der Waals surface area contributed by atoms with E-state index in [0.29, 0.717) is 39.5 Å². The predicted molar refractivity (Wildman–Crippen MR) is 191 cm³/mol. The van der Waals surface area contributed by atoms with Crippen molar-refractivity contribution >= 4 is 63.6 Å². The van der Waals surface area contributed by atoms with Crippen LogP contribution in [-0.2, 0) is 27.2 Å². The van der Waals surface area contributed by atoms with Gasteiger partial charge in [0.2, 0.25) is 5.91 Å². The third-order valence-corrected chi connectivity index (χ3v) is 10.4. The molecule has 1 aromatic heterocycles. The summed E-state index contributed by atoms with van der Waals surface area (Å²) in [5.74, 6) is -1.08. The largest absolute Gasteiger partial charge is 0.496 e. The highest BCUT2D eigenvalue weighted by Crippen LogP contribution is 2.39. The summed E-state index contributed by atoms with van der Waals surface area (Å²) in [7, 11) is 2.89. The van der Waals surface area contributed by atoms with Crippen molar-refractivity contribution in [3.8, 4) is 5.75 Å². The summed E-state index contributed by atoms with van der Waals surface area (Å²) < 4.78 is 10.5. The van der Waals surface area contributed by atoms with Crippen LogP contribution in [0.4, 0.5) is 10.7 Å². The molecule has 0 radical (unpaired) electrons. The molecule has 0 spiro atoms. The molecule has 48 heavy (non-hydrogen) atoms. The second-order valence-corrected chi connectivity index (χ2v) is 13.4. The molecule has 1 heterocycles. The van der Waals surface area contributed by atoms with Crippen molar-refractivity contribution in [3.63, 3.8) is 0 Å². The number of hydrogen-bond acceptors (Lipinski definition) is 8. The highest BCUT2D eigenvalue weighted by Gasteiger charge is 2.29. The number of carbonyl (C=O) groups excluding carboxylic acids is 4. The first-order chi connectivity index (χ1) is 23.3. The number of esters is 1. The fourth-order valence-electron chi connectivity index (χ4n) is 5.38. The molecule has 3 N–H and O–H groups in total. The van der Waals surface area contributed by atoms with Crippen LogP contribution in [0.1, 0.15) is 62.9 Å². The maximum Gasteiger partial charge on any atom is 0.341 e. The van der Waals surface area contributed by atoms with Gasteiger partial charge in [-0.1, -0.05) is 49.4 Å². The molecule has 3 aromatic carbocycles. The smallest absolute Gasteiger partial charge is 0.341 e. The Morgan fingerprint density at radius 2 is 1.67 bits per heavy atom. The molecule has 9 nitrogen and oxygen atoms in total. The zero-order valence-electron chi connectivity index (χ0n) is 27.0. The lowest BCUT2D eigenvalue weighted by atomic mass is 9.95. The lowest BCUT2D eigenvalue weighted by Crippen LogP contribution is -2.30. The Morgan fingerprint density at radius 3 is 2.42 bits per heavy atom. The molecule has 0 bridgehead atoms. The number of carbonyl (C=O) groups is 4. The van der Waals surface area contributed by atoms with Gasteiger partial charge >= 0.3 is 5.97 Å². The van der Waals surface area contributed by atoms with E-state index in [0.717, 1.165) is 41.0 Å². The Hall–Kier alpha value is -4.87. The summed E-state index contributed by atoms with van der Waals surface area (Å²) in [5, 5.41) is 8.71. The van der Waals surface area contributed by atoms with Crippen molar-refractivity contribution in [2.24, 2.45) is 0 Å². The minimum atomic E-state index is -0.533. The Morgan fingerprint density at radius 1 is 0.917 bits per heavy atom. The summed E-state index contributed by atoms with van der Waals surface area (Å²) in [4.78, 5) is 54.8. The topological polar surface area (TPSA) is 123 Å². The van der Waals surface area contributed by atoms with E-state index in [2.05, 4.69) is 16.0 Å². The van der Waals surface area contributed by atoms with E-state index in [9.17, 15) is 19.2 Å². The van der Waals surface area contributed by atoms with E-state index in [4.69, 9.17) is 9.47 Å². The molecule has 5 rings (SSSR count). The Labute approximate surface area is 288 Å². The van der Waals surface area contributed by atoms with Crippen LogP contribution in [-0.4, -0.2) is 43.2 Å². The third kappa shape index (κ3) is 8.34. The highest BCUT2D eigenvalue weighted by atomic mass is 32.2. The van der Waals surface area contributed by atoms with Crippen LogP contribution in [0, 0.1) is 0 Å². The zero-order chi connectivity index (χ0) is 34.0. The van der Waals surface area contributed by atoms with Crippen LogP contribution >= 0.6 is 23.1 Å². The number of rotatable bonds is 12. The molecule has 248 valence electrons. The van der Waals surface area contributed by atoms with Crippen LogP contribution < -0.4 is 20.7 Å². The fraction of sp³-hybridized carbons (Fsp3) is 0.243. The predicted octanol–water partition coefficient (Wildman–Crippen LogP) is 7.34. The van der Waals surface area contributed by atoms with Gasteiger partial charge in [0.25, 0.3) is 11.8 Å². The van der Waals surface area contributed by atoms with E-state index < -0.39 is 23.0 Å². The number of methoxy groups -OCH3 is 2. The number of ether oxygens (including phenoxy) is 2. The number of thioether (sulfide) groups is 1. The van der Waals surface area contributed by atoms with Crippen molar-refractivity contribution in [2.45, 2.75) is 49.2 Å². The Kier molecular flexibility index (Phi) is 11.7. The lowest BCUT2D eigenvalue weighted by molar-refractivity contribution is -0.116. The number of hydrogen-bond donors (Lipinski definition) is 3.